The van der Waals surface area contributed by atoms with E-state index < -0.39 is 23.0 Å². The van der Waals surface area contributed by atoms with Gasteiger partial charge >= 0.3 is 6.18 Å². The predicted octanol–water partition coefficient (Wildman–Crippen LogP) is 5.95. The third-order valence-electron chi connectivity index (χ3n) is 7.71. The number of aromatic nitrogens is 1. The number of nitrogens with one attached hydrogen (secondary N) is 1. The van der Waals surface area contributed by atoms with Gasteiger partial charge in [-0.3, -0.25) is 19.7 Å². The summed E-state index contributed by atoms with van der Waals surface area (Å²) in [6.45, 7) is 6.13. The average Bonchev–Trinajstić information content (AvgIpc) is 3.37. The van der Waals surface area contributed by atoms with Crippen molar-refractivity contribution in [2.24, 2.45) is 15.8 Å². The van der Waals surface area contributed by atoms with E-state index in [0.717, 1.165) is 25.3 Å². The molecule has 1 saturated heterocycles. The Balaban J connectivity index is 1.33. The van der Waals surface area contributed by atoms with Crippen molar-refractivity contribution < 1.29 is 18.0 Å². The number of carbonyl (C=O) groups is 1. The zero-order valence-corrected chi connectivity index (χ0v) is 21.1. The molecule has 2 aliphatic carbocycles. The molecule has 3 atom stereocenters. The van der Waals surface area contributed by atoms with E-state index in [1.807, 2.05) is 37.3 Å². The number of anilines is 1. The summed E-state index contributed by atoms with van der Waals surface area (Å²) in [5, 5.41) is 2.92. The van der Waals surface area contributed by atoms with Crippen molar-refractivity contribution in [2.45, 2.75) is 51.9 Å². The summed E-state index contributed by atoms with van der Waals surface area (Å²) < 4.78 is 41.0. The standard InChI is InChI=1S/C29H31F3N4O/c1-27-12-6-8-23(26(37)34-21-9-10-22(33-18-21)19-36-15-3-4-16-36)25(27)35-24(11-14-27)20-7-5-13-28(2,17-20)29(30,31)32/h5-14,18,25H,3-4,15-17,19H2,1-2H3,(H,34,37). The fraction of sp³-hybridized carbons (Fsp3) is 0.414. The van der Waals surface area contributed by atoms with E-state index in [2.05, 4.69) is 15.2 Å². The number of hydrogen-bond acceptors (Lipinski definition) is 4. The molecule has 1 amide bonds. The van der Waals surface area contributed by atoms with E-state index in [-0.39, 0.29) is 12.3 Å². The summed E-state index contributed by atoms with van der Waals surface area (Å²) >= 11 is 0. The van der Waals surface area contributed by atoms with Crippen LogP contribution in [0.3, 0.4) is 0 Å². The molecule has 3 unspecified atom stereocenters. The second kappa shape index (κ2) is 9.56. The van der Waals surface area contributed by atoms with E-state index in [1.165, 1.54) is 31.9 Å². The molecule has 2 aliphatic heterocycles. The first kappa shape index (κ1) is 25.4. The topological polar surface area (TPSA) is 57.6 Å². The van der Waals surface area contributed by atoms with Crippen LogP contribution in [0, 0.1) is 10.8 Å². The highest BCUT2D eigenvalue weighted by Gasteiger charge is 2.50. The summed E-state index contributed by atoms with van der Waals surface area (Å²) in [6.07, 6.45) is 13.1. The van der Waals surface area contributed by atoms with Crippen molar-refractivity contribution in [1.29, 1.82) is 0 Å². The van der Waals surface area contributed by atoms with Gasteiger partial charge in [0.2, 0.25) is 0 Å². The van der Waals surface area contributed by atoms with E-state index >= 15 is 0 Å². The summed E-state index contributed by atoms with van der Waals surface area (Å²) in [5.74, 6) is -0.300. The van der Waals surface area contributed by atoms with Crippen LogP contribution in [-0.4, -0.2) is 46.8 Å². The molecule has 1 N–H and O–H groups in total. The minimum atomic E-state index is -4.37. The Kier molecular flexibility index (Phi) is 6.56. The Morgan fingerprint density at radius 3 is 2.57 bits per heavy atom. The van der Waals surface area contributed by atoms with Crippen LogP contribution in [0.25, 0.3) is 0 Å². The summed E-state index contributed by atoms with van der Waals surface area (Å²) in [6, 6.07) is 3.22. The number of aliphatic imine (C=N–C) groups is 1. The van der Waals surface area contributed by atoms with Crippen molar-refractivity contribution in [3.8, 4) is 0 Å². The first-order valence-corrected chi connectivity index (χ1v) is 12.7. The van der Waals surface area contributed by atoms with Gasteiger partial charge in [-0.15, -0.1) is 0 Å². The van der Waals surface area contributed by atoms with Crippen LogP contribution in [0.15, 0.2) is 83.1 Å². The van der Waals surface area contributed by atoms with Gasteiger partial charge in [0.1, 0.15) is 0 Å². The zero-order chi connectivity index (χ0) is 26.3. The number of dihydropyridines is 1. The minimum absolute atomic E-state index is 0.198. The number of nitrogens with zero attached hydrogens (tertiary/aromatic N) is 3. The molecule has 1 aromatic heterocycles. The number of likely N-dealkylation sites (tertiary alicyclic amines) is 1. The molecule has 0 aromatic carbocycles. The highest BCUT2D eigenvalue weighted by molar-refractivity contribution is 6.11. The lowest BCUT2D eigenvalue weighted by atomic mass is 9.72. The smallest absolute Gasteiger partial charge is 0.321 e. The van der Waals surface area contributed by atoms with E-state index in [1.54, 1.807) is 24.4 Å². The van der Waals surface area contributed by atoms with Gasteiger partial charge in [0.05, 0.1) is 34.7 Å². The Morgan fingerprint density at radius 2 is 1.86 bits per heavy atom. The highest BCUT2D eigenvalue weighted by Crippen LogP contribution is 2.47. The molecule has 1 aromatic rings. The van der Waals surface area contributed by atoms with Gasteiger partial charge in [0, 0.05) is 17.5 Å². The molecule has 194 valence electrons. The lowest BCUT2D eigenvalue weighted by molar-refractivity contribution is -0.199. The molecule has 5 rings (SSSR count). The molecular formula is C29H31F3N4O. The quantitative estimate of drug-likeness (QED) is 0.535. The van der Waals surface area contributed by atoms with Gasteiger partial charge in [-0.05, 0) is 63.1 Å². The van der Waals surface area contributed by atoms with Gasteiger partial charge in [0.15, 0.2) is 0 Å². The first-order valence-electron chi connectivity index (χ1n) is 12.7. The second-order valence-corrected chi connectivity index (χ2v) is 10.7. The number of allylic oxidation sites excluding steroid dienone is 7. The molecule has 37 heavy (non-hydrogen) atoms. The maximum Gasteiger partial charge on any atom is 0.397 e. The summed E-state index contributed by atoms with van der Waals surface area (Å²) in [4.78, 5) is 25.0. The van der Waals surface area contributed by atoms with Gasteiger partial charge in [-0.1, -0.05) is 49.5 Å². The molecule has 0 bridgehead atoms. The minimum Gasteiger partial charge on any atom is -0.321 e. The number of rotatable bonds is 5. The maximum atomic E-state index is 13.7. The SMILES string of the molecule is CC12C=CC=C(C(=O)Nc3ccc(CN4CCCC4)nc3)C1N=C(C1=CC=CC(C)(C(F)(F)F)C1)C=C2. The fourth-order valence-electron chi connectivity index (χ4n) is 5.29. The molecule has 1 fully saturated rings. The molecule has 0 spiro atoms. The normalized spacial score (nSPS) is 29.4. The van der Waals surface area contributed by atoms with Crippen molar-refractivity contribution in [3.05, 3.63) is 83.8 Å². The Labute approximate surface area is 215 Å². The third kappa shape index (κ3) is 5.12. The van der Waals surface area contributed by atoms with Crippen LogP contribution >= 0.6 is 0 Å². The molecule has 0 radical (unpaired) electrons. The Morgan fingerprint density at radius 1 is 1.11 bits per heavy atom. The van der Waals surface area contributed by atoms with Gasteiger partial charge < -0.3 is 5.32 Å². The molecule has 8 heteroatoms. The van der Waals surface area contributed by atoms with Gasteiger partial charge in [-0.25, -0.2) is 0 Å². The second-order valence-electron chi connectivity index (χ2n) is 10.7. The molecule has 3 heterocycles. The monoisotopic (exact) mass is 508 g/mol. The van der Waals surface area contributed by atoms with Crippen molar-refractivity contribution in [1.82, 2.24) is 9.88 Å². The largest absolute Gasteiger partial charge is 0.397 e. The number of halogens is 3. The number of amides is 1. The lowest BCUT2D eigenvalue weighted by Crippen LogP contribution is -2.39. The van der Waals surface area contributed by atoms with Crippen LogP contribution < -0.4 is 5.32 Å². The average molecular weight is 509 g/mol. The van der Waals surface area contributed by atoms with E-state index in [0.29, 0.717) is 22.5 Å². The number of pyridine rings is 1. The number of hydrogen-bond donors (Lipinski definition) is 1. The Hall–Kier alpha value is -3.26. The van der Waals surface area contributed by atoms with Crippen LogP contribution in [0.1, 0.15) is 38.8 Å². The van der Waals surface area contributed by atoms with Crippen LogP contribution in [-0.2, 0) is 11.3 Å². The molecule has 0 saturated carbocycles. The van der Waals surface area contributed by atoms with E-state index in [4.69, 9.17) is 4.99 Å². The summed E-state index contributed by atoms with van der Waals surface area (Å²) in [7, 11) is 0. The Bertz CT molecular complexity index is 1250. The van der Waals surface area contributed by atoms with Crippen LogP contribution in [0.2, 0.25) is 0 Å². The lowest BCUT2D eigenvalue weighted by Gasteiger charge is -2.38. The van der Waals surface area contributed by atoms with Gasteiger partial charge in [-0.2, -0.15) is 13.2 Å². The van der Waals surface area contributed by atoms with Crippen LogP contribution in [0.4, 0.5) is 18.9 Å². The zero-order valence-electron chi connectivity index (χ0n) is 21.1. The number of fused-ring (bicyclic) bond motifs is 1. The van der Waals surface area contributed by atoms with Crippen molar-refractivity contribution in [3.63, 3.8) is 0 Å². The highest BCUT2D eigenvalue weighted by atomic mass is 19.4. The third-order valence-corrected chi connectivity index (χ3v) is 7.71. The predicted molar refractivity (Wildman–Crippen MR) is 139 cm³/mol. The van der Waals surface area contributed by atoms with Crippen LogP contribution in [0.5, 0.6) is 0 Å². The first-order chi connectivity index (χ1) is 17.6. The van der Waals surface area contributed by atoms with Gasteiger partial charge in [0.25, 0.3) is 5.91 Å². The maximum absolute atomic E-state index is 13.7. The summed E-state index contributed by atoms with van der Waals surface area (Å²) in [5.41, 5.74) is 0.477. The van der Waals surface area contributed by atoms with Crippen molar-refractivity contribution >= 4 is 17.3 Å². The molecule has 5 nitrogen and oxygen atoms in total. The number of carbonyl (C=O) groups excluding carboxylic acids is 1. The molecule has 4 aliphatic rings. The molecular weight excluding hydrogens is 477 g/mol. The number of alkyl halides is 3. The van der Waals surface area contributed by atoms with Crippen molar-refractivity contribution in [2.75, 3.05) is 18.4 Å². The fourth-order valence-corrected chi connectivity index (χ4v) is 5.29. The van der Waals surface area contributed by atoms with E-state index in [9.17, 15) is 18.0 Å².